The van der Waals surface area contributed by atoms with E-state index in [1.54, 1.807) is 23.0 Å². The summed E-state index contributed by atoms with van der Waals surface area (Å²) in [6.45, 7) is 1.92. The van der Waals surface area contributed by atoms with Crippen LogP contribution in [0.3, 0.4) is 0 Å². The van der Waals surface area contributed by atoms with Crippen molar-refractivity contribution in [1.29, 1.82) is 0 Å². The summed E-state index contributed by atoms with van der Waals surface area (Å²) in [5.74, 6) is -0.0422. The Morgan fingerprint density at radius 3 is 2.85 bits per heavy atom. The van der Waals surface area contributed by atoms with Gasteiger partial charge in [-0.2, -0.15) is 14.8 Å². The number of rotatable bonds is 3. The van der Waals surface area contributed by atoms with E-state index in [2.05, 4.69) is 20.5 Å². The molecule has 0 saturated heterocycles. The summed E-state index contributed by atoms with van der Waals surface area (Å²) in [4.78, 5) is 16.8. The number of carbonyl (C=O) groups is 1. The van der Waals surface area contributed by atoms with Crippen LogP contribution in [-0.4, -0.2) is 30.5 Å². The first kappa shape index (κ1) is 15.8. The molecule has 0 bridgehead atoms. The van der Waals surface area contributed by atoms with Gasteiger partial charge in [-0.25, -0.2) is 0 Å². The summed E-state index contributed by atoms with van der Waals surface area (Å²) in [6.07, 6.45) is 1.80. The SMILES string of the molecule is Cc1cccc(C(=O)n2nc(Nc3ccc4cnn(C)c4c3)nc2N)c1. The van der Waals surface area contributed by atoms with Gasteiger partial charge in [-0.05, 0) is 37.3 Å². The number of nitrogens with one attached hydrogen (secondary N) is 1. The number of benzene rings is 2. The fourth-order valence-corrected chi connectivity index (χ4v) is 2.78. The van der Waals surface area contributed by atoms with E-state index in [0.717, 1.165) is 26.8 Å². The van der Waals surface area contributed by atoms with E-state index in [4.69, 9.17) is 5.73 Å². The third kappa shape index (κ3) is 2.77. The van der Waals surface area contributed by atoms with Gasteiger partial charge in [-0.1, -0.05) is 17.7 Å². The van der Waals surface area contributed by atoms with Gasteiger partial charge in [0, 0.05) is 23.7 Å². The van der Waals surface area contributed by atoms with Crippen molar-refractivity contribution in [2.75, 3.05) is 11.1 Å². The molecule has 8 nitrogen and oxygen atoms in total. The van der Waals surface area contributed by atoms with Gasteiger partial charge in [0.2, 0.25) is 11.9 Å². The number of aryl methyl sites for hydroxylation is 2. The molecule has 26 heavy (non-hydrogen) atoms. The van der Waals surface area contributed by atoms with Crippen LogP contribution in [0.1, 0.15) is 15.9 Å². The lowest BCUT2D eigenvalue weighted by Gasteiger charge is -2.03. The Hall–Kier alpha value is -3.68. The maximum Gasteiger partial charge on any atom is 0.281 e. The second-order valence-electron chi connectivity index (χ2n) is 6.05. The summed E-state index contributed by atoms with van der Waals surface area (Å²) in [5.41, 5.74) is 9.12. The van der Waals surface area contributed by atoms with E-state index in [9.17, 15) is 4.79 Å². The smallest absolute Gasteiger partial charge is 0.281 e. The van der Waals surface area contributed by atoms with Crippen molar-refractivity contribution in [1.82, 2.24) is 24.5 Å². The molecule has 0 aliphatic heterocycles. The zero-order valence-corrected chi connectivity index (χ0v) is 14.3. The van der Waals surface area contributed by atoms with Gasteiger partial charge in [-0.15, -0.1) is 5.10 Å². The summed E-state index contributed by atoms with van der Waals surface area (Å²) >= 11 is 0. The number of hydrogen-bond donors (Lipinski definition) is 2. The van der Waals surface area contributed by atoms with Gasteiger partial charge >= 0.3 is 0 Å². The Morgan fingerprint density at radius 2 is 2.04 bits per heavy atom. The number of nitrogens with zero attached hydrogens (tertiary/aromatic N) is 5. The standard InChI is InChI=1S/C18H17N7O/c1-11-4-3-5-12(8-11)16(26)25-17(19)22-18(23-25)21-14-7-6-13-10-20-24(2)15(13)9-14/h3-10H,1-2H3,(H3,19,21,22,23). The van der Waals surface area contributed by atoms with Crippen molar-refractivity contribution in [2.45, 2.75) is 6.92 Å². The molecule has 2 aromatic carbocycles. The quantitative estimate of drug-likeness (QED) is 0.590. The summed E-state index contributed by atoms with van der Waals surface area (Å²) in [7, 11) is 1.87. The lowest BCUT2D eigenvalue weighted by molar-refractivity contribution is 0.0948. The van der Waals surface area contributed by atoms with Crippen LogP contribution in [0.5, 0.6) is 0 Å². The Bertz CT molecular complexity index is 1130. The van der Waals surface area contributed by atoms with Gasteiger partial charge in [0.25, 0.3) is 5.91 Å². The normalized spacial score (nSPS) is 11.0. The number of nitrogen functional groups attached to an aromatic ring is 1. The van der Waals surface area contributed by atoms with Crippen molar-refractivity contribution in [3.8, 4) is 0 Å². The molecule has 8 heteroatoms. The van der Waals surface area contributed by atoms with Crippen LogP contribution in [0.4, 0.5) is 17.6 Å². The molecule has 3 N–H and O–H groups in total. The van der Waals surface area contributed by atoms with Crippen LogP contribution in [-0.2, 0) is 7.05 Å². The Kier molecular flexibility index (Phi) is 3.65. The molecule has 0 saturated carbocycles. The highest BCUT2D eigenvalue weighted by Gasteiger charge is 2.16. The van der Waals surface area contributed by atoms with Gasteiger partial charge in [-0.3, -0.25) is 9.48 Å². The highest BCUT2D eigenvalue weighted by atomic mass is 16.2. The van der Waals surface area contributed by atoms with Crippen LogP contribution in [0.25, 0.3) is 10.9 Å². The van der Waals surface area contributed by atoms with Crippen molar-refractivity contribution in [3.63, 3.8) is 0 Å². The molecule has 0 amide bonds. The highest BCUT2D eigenvalue weighted by molar-refractivity contribution is 5.97. The lowest BCUT2D eigenvalue weighted by Crippen LogP contribution is -2.16. The number of fused-ring (bicyclic) bond motifs is 1. The van der Waals surface area contributed by atoms with Crippen LogP contribution in [0, 0.1) is 6.92 Å². The number of nitrogens with two attached hydrogens (primary N) is 1. The van der Waals surface area contributed by atoms with Crippen LogP contribution >= 0.6 is 0 Å². The minimum atomic E-state index is -0.325. The summed E-state index contributed by atoms with van der Waals surface area (Å²) in [6, 6.07) is 13.0. The Labute approximate surface area is 149 Å². The molecule has 130 valence electrons. The molecule has 0 atom stereocenters. The molecule has 2 heterocycles. The minimum Gasteiger partial charge on any atom is -0.368 e. The van der Waals surface area contributed by atoms with E-state index in [1.165, 1.54) is 0 Å². The van der Waals surface area contributed by atoms with E-state index in [-0.39, 0.29) is 17.8 Å². The van der Waals surface area contributed by atoms with Gasteiger partial charge in [0.1, 0.15) is 0 Å². The second-order valence-corrected chi connectivity index (χ2v) is 6.05. The van der Waals surface area contributed by atoms with Gasteiger partial charge < -0.3 is 11.1 Å². The molecular formula is C18H17N7O. The Balaban J connectivity index is 1.63. The third-order valence-electron chi connectivity index (χ3n) is 4.09. The highest BCUT2D eigenvalue weighted by Crippen LogP contribution is 2.21. The lowest BCUT2D eigenvalue weighted by atomic mass is 10.1. The molecule has 0 fully saturated rings. The molecule has 4 aromatic rings. The second kappa shape index (κ2) is 5.99. The molecule has 0 aliphatic rings. The first-order valence-electron chi connectivity index (χ1n) is 8.04. The topological polar surface area (TPSA) is 104 Å². The predicted octanol–water partition coefficient (Wildman–Crippen LogP) is 2.49. The zero-order chi connectivity index (χ0) is 18.3. The van der Waals surface area contributed by atoms with E-state index >= 15 is 0 Å². The van der Waals surface area contributed by atoms with Crippen molar-refractivity contribution in [3.05, 3.63) is 59.8 Å². The number of aromatic nitrogens is 5. The summed E-state index contributed by atoms with van der Waals surface area (Å²) in [5, 5.41) is 12.5. The molecular weight excluding hydrogens is 330 g/mol. The van der Waals surface area contributed by atoms with Crippen molar-refractivity contribution < 1.29 is 4.79 Å². The van der Waals surface area contributed by atoms with E-state index < -0.39 is 0 Å². The predicted molar refractivity (Wildman–Crippen MR) is 99.3 cm³/mol. The van der Waals surface area contributed by atoms with Crippen molar-refractivity contribution >= 4 is 34.4 Å². The summed E-state index contributed by atoms with van der Waals surface area (Å²) < 4.78 is 2.88. The fraction of sp³-hybridized carbons (Fsp3) is 0.111. The first-order valence-corrected chi connectivity index (χ1v) is 8.04. The maximum atomic E-state index is 12.6. The molecule has 2 aromatic heterocycles. The average Bonchev–Trinajstić information content (AvgIpc) is 3.17. The fourth-order valence-electron chi connectivity index (χ4n) is 2.78. The van der Waals surface area contributed by atoms with Gasteiger partial charge in [0.05, 0.1) is 11.7 Å². The third-order valence-corrected chi connectivity index (χ3v) is 4.09. The monoisotopic (exact) mass is 347 g/mol. The Morgan fingerprint density at radius 1 is 1.19 bits per heavy atom. The average molecular weight is 347 g/mol. The largest absolute Gasteiger partial charge is 0.368 e. The molecule has 4 rings (SSSR count). The first-order chi connectivity index (χ1) is 12.5. The zero-order valence-electron chi connectivity index (χ0n) is 14.3. The molecule has 0 radical (unpaired) electrons. The number of carbonyl (C=O) groups excluding carboxylic acids is 1. The van der Waals surface area contributed by atoms with Crippen LogP contribution in [0.2, 0.25) is 0 Å². The molecule has 0 aliphatic carbocycles. The minimum absolute atomic E-state index is 0.0283. The van der Waals surface area contributed by atoms with E-state index in [0.29, 0.717) is 5.56 Å². The number of hydrogen-bond acceptors (Lipinski definition) is 6. The van der Waals surface area contributed by atoms with Crippen LogP contribution < -0.4 is 11.1 Å². The van der Waals surface area contributed by atoms with Gasteiger partial charge in [0.15, 0.2) is 0 Å². The van der Waals surface area contributed by atoms with Crippen molar-refractivity contribution in [2.24, 2.45) is 7.05 Å². The van der Waals surface area contributed by atoms with E-state index in [1.807, 2.05) is 44.3 Å². The maximum absolute atomic E-state index is 12.6. The number of anilines is 3. The van der Waals surface area contributed by atoms with Crippen LogP contribution in [0.15, 0.2) is 48.7 Å². The molecule has 0 unspecified atom stereocenters. The molecule has 0 spiro atoms.